The predicted octanol–water partition coefficient (Wildman–Crippen LogP) is 2.03. The molecule has 0 spiro atoms. The monoisotopic (exact) mass is 241 g/mol. The lowest BCUT2D eigenvalue weighted by atomic mass is 9.98. The first-order valence-corrected chi connectivity index (χ1v) is 5.60. The Morgan fingerprint density at radius 1 is 1.47 bits per heavy atom. The molecule has 0 aromatic rings. The Balaban J connectivity index is 2.76. The Hall–Kier alpha value is -1.52. The number of carboxylic acids is 1. The van der Waals surface area contributed by atoms with Gasteiger partial charge in [0.25, 0.3) is 0 Å². The normalized spacial score (nSPS) is 21.2. The molecule has 1 N–H and O–H groups in total. The molecule has 0 saturated carbocycles. The predicted molar refractivity (Wildman–Crippen MR) is 62.7 cm³/mol. The van der Waals surface area contributed by atoms with Crippen LogP contribution in [-0.2, 0) is 9.53 Å². The minimum atomic E-state index is -1.02. The van der Waals surface area contributed by atoms with Gasteiger partial charge in [-0.25, -0.2) is 9.59 Å². The number of hydrogen-bond acceptors (Lipinski definition) is 3. The number of rotatable bonds is 1. The molecular weight excluding hydrogens is 222 g/mol. The Bertz CT molecular complexity index is 343. The fraction of sp³-hybridized carbons (Fsp3) is 0.667. The van der Waals surface area contributed by atoms with Crippen molar-refractivity contribution in [3.63, 3.8) is 0 Å². The SMILES string of the molecule is C=C1CCN(C(=O)OC(C)(C)C)C(C(=O)O)C1. The third kappa shape index (κ3) is 3.76. The highest BCUT2D eigenvalue weighted by Gasteiger charge is 2.35. The summed E-state index contributed by atoms with van der Waals surface area (Å²) in [4.78, 5) is 24.2. The number of aliphatic carboxylic acids is 1. The van der Waals surface area contributed by atoms with Crippen LogP contribution in [-0.4, -0.2) is 40.3 Å². The molecule has 0 radical (unpaired) electrons. The molecule has 1 fully saturated rings. The molecule has 1 atom stereocenters. The van der Waals surface area contributed by atoms with Gasteiger partial charge in [-0.1, -0.05) is 12.2 Å². The van der Waals surface area contributed by atoms with Crippen LogP contribution in [0.15, 0.2) is 12.2 Å². The number of hydrogen-bond donors (Lipinski definition) is 1. The first-order valence-electron chi connectivity index (χ1n) is 5.60. The van der Waals surface area contributed by atoms with Crippen LogP contribution in [0.1, 0.15) is 33.6 Å². The second-order valence-electron chi connectivity index (χ2n) is 5.23. The van der Waals surface area contributed by atoms with E-state index in [0.717, 1.165) is 5.57 Å². The van der Waals surface area contributed by atoms with Gasteiger partial charge in [0.05, 0.1) is 0 Å². The molecule has 1 amide bonds. The zero-order valence-corrected chi connectivity index (χ0v) is 10.5. The van der Waals surface area contributed by atoms with E-state index in [1.54, 1.807) is 20.8 Å². The summed E-state index contributed by atoms with van der Waals surface area (Å²) >= 11 is 0. The zero-order chi connectivity index (χ0) is 13.2. The van der Waals surface area contributed by atoms with Gasteiger partial charge < -0.3 is 9.84 Å². The van der Waals surface area contributed by atoms with Crippen LogP contribution in [0.4, 0.5) is 4.79 Å². The minimum Gasteiger partial charge on any atom is -0.480 e. The van der Waals surface area contributed by atoms with Crippen LogP contribution in [0.2, 0.25) is 0 Å². The van der Waals surface area contributed by atoms with Crippen LogP contribution in [0.25, 0.3) is 0 Å². The number of likely N-dealkylation sites (tertiary alicyclic amines) is 1. The van der Waals surface area contributed by atoms with Crippen molar-refractivity contribution in [2.45, 2.75) is 45.3 Å². The van der Waals surface area contributed by atoms with Crippen molar-refractivity contribution < 1.29 is 19.4 Å². The third-order valence-corrected chi connectivity index (χ3v) is 2.48. The molecule has 1 aliphatic heterocycles. The largest absolute Gasteiger partial charge is 0.480 e. The first-order chi connectivity index (χ1) is 7.70. The smallest absolute Gasteiger partial charge is 0.411 e. The lowest BCUT2D eigenvalue weighted by Crippen LogP contribution is -2.50. The quantitative estimate of drug-likeness (QED) is 0.713. The van der Waals surface area contributed by atoms with E-state index in [4.69, 9.17) is 9.84 Å². The van der Waals surface area contributed by atoms with Gasteiger partial charge in [0.15, 0.2) is 0 Å². The van der Waals surface area contributed by atoms with Crippen LogP contribution in [0.3, 0.4) is 0 Å². The molecular formula is C12H19NO4. The average Bonchev–Trinajstić information content (AvgIpc) is 2.14. The third-order valence-electron chi connectivity index (χ3n) is 2.48. The number of carbonyl (C=O) groups is 2. The van der Waals surface area contributed by atoms with Crippen LogP contribution in [0, 0.1) is 0 Å². The molecule has 1 heterocycles. The van der Waals surface area contributed by atoms with E-state index in [2.05, 4.69) is 6.58 Å². The number of piperidine rings is 1. The molecule has 0 bridgehead atoms. The molecule has 1 aliphatic rings. The molecule has 0 aromatic carbocycles. The number of amides is 1. The van der Waals surface area contributed by atoms with Gasteiger partial charge in [-0.05, 0) is 33.6 Å². The Morgan fingerprint density at radius 2 is 2.06 bits per heavy atom. The summed E-state index contributed by atoms with van der Waals surface area (Å²) in [5, 5.41) is 9.08. The molecule has 96 valence electrons. The number of carbonyl (C=O) groups excluding carboxylic acids is 1. The van der Waals surface area contributed by atoms with Crippen molar-refractivity contribution in [2.75, 3.05) is 6.54 Å². The van der Waals surface area contributed by atoms with Gasteiger partial charge in [0.2, 0.25) is 0 Å². The molecule has 0 aliphatic carbocycles. The molecule has 1 rings (SSSR count). The molecule has 5 nitrogen and oxygen atoms in total. The molecule has 0 aromatic heterocycles. The van der Waals surface area contributed by atoms with Crippen molar-refractivity contribution in [2.24, 2.45) is 0 Å². The van der Waals surface area contributed by atoms with Gasteiger partial charge in [-0.15, -0.1) is 0 Å². The van der Waals surface area contributed by atoms with Gasteiger partial charge in [-0.3, -0.25) is 4.90 Å². The summed E-state index contributed by atoms with van der Waals surface area (Å²) in [6.07, 6.45) is 0.356. The van der Waals surface area contributed by atoms with Gasteiger partial charge in [-0.2, -0.15) is 0 Å². The second-order valence-corrected chi connectivity index (χ2v) is 5.23. The summed E-state index contributed by atoms with van der Waals surface area (Å²) in [6.45, 7) is 9.39. The summed E-state index contributed by atoms with van der Waals surface area (Å²) < 4.78 is 5.19. The second kappa shape index (κ2) is 4.77. The number of nitrogens with zero attached hydrogens (tertiary/aromatic N) is 1. The highest BCUT2D eigenvalue weighted by atomic mass is 16.6. The van der Waals surface area contributed by atoms with E-state index < -0.39 is 23.7 Å². The van der Waals surface area contributed by atoms with Crippen molar-refractivity contribution in [1.82, 2.24) is 4.90 Å². The number of ether oxygens (including phenoxy) is 1. The highest BCUT2D eigenvalue weighted by molar-refractivity contribution is 5.81. The molecule has 1 saturated heterocycles. The van der Waals surface area contributed by atoms with Crippen LogP contribution < -0.4 is 0 Å². The lowest BCUT2D eigenvalue weighted by molar-refractivity contribution is -0.143. The van der Waals surface area contributed by atoms with Crippen molar-refractivity contribution in [1.29, 1.82) is 0 Å². The van der Waals surface area contributed by atoms with E-state index >= 15 is 0 Å². The number of carboxylic acid groups (broad SMARTS) is 1. The summed E-state index contributed by atoms with van der Waals surface area (Å²) in [7, 11) is 0. The van der Waals surface area contributed by atoms with E-state index in [-0.39, 0.29) is 0 Å². The zero-order valence-electron chi connectivity index (χ0n) is 10.5. The summed E-state index contributed by atoms with van der Waals surface area (Å²) in [5.74, 6) is -1.02. The average molecular weight is 241 g/mol. The van der Waals surface area contributed by atoms with Crippen LogP contribution in [0.5, 0.6) is 0 Å². The summed E-state index contributed by atoms with van der Waals surface area (Å²) in [5.41, 5.74) is 0.242. The van der Waals surface area contributed by atoms with Crippen LogP contribution >= 0.6 is 0 Å². The fourth-order valence-electron chi connectivity index (χ4n) is 1.68. The molecule has 17 heavy (non-hydrogen) atoms. The fourth-order valence-corrected chi connectivity index (χ4v) is 1.68. The Labute approximate surface area is 101 Å². The van der Waals surface area contributed by atoms with E-state index in [1.165, 1.54) is 4.90 Å². The van der Waals surface area contributed by atoms with Gasteiger partial charge >= 0.3 is 12.1 Å². The van der Waals surface area contributed by atoms with Crippen molar-refractivity contribution in [3.8, 4) is 0 Å². The van der Waals surface area contributed by atoms with Crippen molar-refractivity contribution in [3.05, 3.63) is 12.2 Å². The summed E-state index contributed by atoms with van der Waals surface area (Å²) in [6, 6.07) is -0.855. The maximum absolute atomic E-state index is 11.8. The van der Waals surface area contributed by atoms with E-state index in [1.807, 2.05) is 0 Å². The maximum atomic E-state index is 11.8. The minimum absolute atomic E-state index is 0.300. The van der Waals surface area contributed by atoms with E-state index in [9.17, 15) is 9.59 Å². The molecule has 1 unspecified atom stereocenters. The highest BCUT2D eigenvalue weighted by Crippen LogP contribution is 2.23. The Kier molecular flexibility index (Phi) is 3.80. The Morgan fingerprint density at radius 3 is 2.53 bits per heavy atom. The van der Waals surface area contributed by atoms with Gasteiger partial charge in [0.1, 0.15) is 11.6 Å². The standard InChI is InChI=1S/C12H19NO4/c1-8-5-6-13(9(7-8)10(14)15)11(16)17-12(2,3)4/h9H,1,5-7H2,2-4H3,(H,14,15). The van der Waals surface area contributed by atoms with Gasteiger partial charge in [0, 0.05) is 6.54 Å². The lowest BCUT2D eigenvalue weighted by Gasteiger charge is -2.35. The maximum Gasteiger partial charge on any atom is 0.411 e. The van der Waals surface area contributed by atoms with Crippen molar-refractivity contribution >= 4 is 12.1 Å². The van der Waals surface area contributed by atoms with E-state index in [0.29, 0.717) is 19.4 Å². The molecule has 5 heteroatoms. The first kappa shape index (κ1) is 13.5. The topological polar surface area (TPSA) is 66.8 Å².